The summed E-state index contributed by atoms with van der Waals surface area (Å²) in [5.41, 5.74) is 2.73. The Hall–Kier alpha value is -1.98. The summed E-state index contributed by atoms with van der Waals surface area (Å²) < 4.78 is 13.9. The van der Waals surface area contributed by atoms with Crippen LogP contribution in [0.15, 0.2) is 41.4 Å². The molecule has 0 N–H and O–H groups in total. The van der Waals surface area contributed by atoms with Crippen LogP contribution in [0, 0.1) is 23.6 Å². The second-order valence-electron chi connectivity index (χ2n) is 5.59. The molecule has 1 nitrogen and oxygen atoms in total. The number of hydrogen-bond acceptors (Lipinski definition) is 2. The van der Waals surface area contributed by atoms with E-state index in [1.807, 2.05) is 12.1 Å². The number of isothiocyanates is 1. The zero-order valence-electron chi connectivity index (χ0n) is 12.3. The van der Waals surface area contributed by atoms with Gasteiger partial charge < -0.3 is 0 Å². The fourth-order valence-electron chi connectivity index (χ4n) is 2.31. The number of nitrogens with zero attached hydrogens (tertiary/aromatic N) is 1. The van der Waals surface area contributed by atoms with E-state index in [1.165, 1.54) is 24.5 Å². The third-order valence-electron chi connectivity index (χ3n) is 3.70. The lowest BCUT2D eigenvalue weighted by Crippen LogP contribution is -1.87. The monoisotopic (exact) mass is 341 g/mol. The summed E-state index contributed by atoms with van der Waals surface area (Å²) in [6.45, 7) is 0. The van der Waals surface area contributed by atoms with Gasteiger partial charge in [0.05, 0.1) is 10.2 Å². The quantitative estimate of drug-likeness (QED) is 0.404. The van der Waals surface area contributed by atoms with Gasteiger partial charge in [-0.25, -0.2) is 4.39 Å². The van der Waals surface area contributed by atoms with Crippen LogP contribution in [0.1, 0.15) is 29.5 Å². The van der Waals surface area contributed by atoms with Crippen LogP contribution < -0.4 is 0 Å². The van der Waals surface area contributed by atoms with Crippen molar-refractivity contribution in [1.82, 2.24) is 0 Å². The van der Waals surface area contributed by atoms with E-state index in [1.54, 1.807) is 6.07 Å². The molecule has 0 radical (unpaired) electrons. The summed E-state index contributed by atoms with van der Waals surface area (Å²) in [6, 6.07) is 11.1. The molecule has 0 heterocycles. The molecule has 0 aliphatic heterocycles. The second kappa shape index (κ2) is 7.06. The first-order valence-corrected chi connectivity index (χ1v) is 8.12. The molecule has 3 rings (SSSR count). The van der Waals surface area contributed by atoms with Crippen LogP contribution in [0.2, 0.25) is 5.02 Å². The number of thiocarbonyl (C=S) groups is 1. The van der Waals surface area contributed by atoms with Gasteiger partial charge in [0.25, 0.3) is 0 Å². The number of hydrogen-bond donors (Lipinski definition) is 0. The minimum atomic E-state index is -0.557. The Bertz CT molecular complexity index is 815. The molecule has 4 heteroatoms. The molecular formula is C19H13ClFNS. The van der Waals surface area contributed by atoms with Gasteiger partial charge in [-0.2, -0.15) is 4.99 Å². The lowest BCUT2D eigenvalue weighted by Gasteiger charge is -2.00. The van der Waals surface area contributed by atoms with Crippen molar-refractivity contribution >= 4 is 34.7 Å². The molecule has 23 heavy (non-hydrogen) atoms. The largest absolute Gasteiger partial charge is 0.204 e. The van der Waals surface area contributed by atoms with Crippen molar-refractivity contribution in [2.45, 2.75) is 19.3 Å². The van der Waals surface area contributed by atoms with Gasteiger partial charge >= 0.3 is 0 Å². The Kier molecular flexibility index (Phi) is 4.88. The number of benzene rings is 2. The molecule has 2 aromatic rings. The molecule has 1 saturated carbocycles. The SMILES string of the molecule is Fc1cc(C#Cc2ccc(CC3CC3)cc2)cc(Cl)c1N=C=S. The molecule has 1 aliphatic carbocycles. The van der Waals surface area contributed by atoms with Gasteiger partial charge in [0.1, 0.15) is 5.69 Å². The fourth-order valence-corrected chi connectivity index (χ4v) is 2.66. The first-order valence-electron chi connectivity index (χ1n) is 7.33. The highest BCUT2D eigenvalue weighted by Gasteiger charge is 2.21. The van der Waals surface area contributed by atoms with E-state index in [9.17, 15) is 4.39 Å². The molecule has 1 fully saturated rings. The lowest BCUT2D eigenvalue weighted by atomic mass is 10.1. The Morgan fingerprint density at radius 1 is 1.13 bits per heavy atom. The summed E-state index contributed by atoms with van der Waals surface area (Å²) >= 11 is 10.5. The average molecular weight is 342 g/mol. The van der Waals surface area contributed by atoms with E-state index in [0.717, 1.165) is 17.9 Å². The van der Waals surface area contributed by atoms with Gasteiger partial charge in [-0.15, -0.1) is 0 Å². The topological polar surface area (TPSA) is 12.4 Å². The van der Waals surface area contributed by atoms with Gasteiger partial charge in [0.2, 0.25) is 0 Å². The molecule has 0 amide bonds. The van der Waals surface area contributed by atoms with Crippen LogP contribution in [0.5, 0.6) is 0 Å². The van der Waals surface area contributed by atoms with Crippen LogP contribution in [0.3, 0.4) is 0 Å². The molecule has 2 aromatic carbocycles. The van der Waals surface area contributed by atoms with Crippen molar-refractivity contribution in [3.05, 3.63) is 63.9 Å². The molecule has 0 spiro atoms. The first kappa shape index (κ1) is 15.9. The maximum Gasteiger partial charge on any atom is 0.152 e. The van der Waals surface area contributed by atoms with Crippen LogP contribution in [-0.4, -0.2) is 5.16 Å². The summed E-state index contributed by atoms with van der Waals surface area (Å²) in [6.07, 6.45) is 3.84. The van der Waals surface area contributed by atoms with E-state index in [0.29, 0.717) is 5.56 Å². The van der Waals surface area contributed by atoms with Gasteiger partial charge in [0.15, 0.2) is 5.82 Å². The van der Waals surface area contributed by atoms with Gasteiger partial charge in [-0.1, -0.05) is 35.6 Å². The fraction of sp³-hybridized carbons (Fsp3) is 0.211. The maximum absolute atomic E-state index is 13.9. The highest BCUT2D eigenvalue weighted by atomic mass is 35.5. The van der Waals surface area contributed by atoms with Crippen molar-refractivity contribution in [2.75, 3.05) is 0 Å². The Morgan fingerprint density at radius 3 is 2.43 bits per heavy atom. The number of aliphatic imine (C=N–C) groups is 1. The van der Waals surface area contributed by atoms with Crippen molar-refractivity contribution in [2.24, 2.45) is 10.9 Å². The van der Waals surface area contributed by atoms with E-state index < -0.39 is 5.82 Å². The Labute approximate surface area is 145 Å². The van der Waals surface area contributed by atoms with E-state index in [-0.39, 0.29) is 10.7 Å². The molecule has 0 saturated heterocycles. The standard InChI is InChI=1S/C19H13ClFNS/c20-17-10-16(11-18(21)19(17)22-12-23)8-3-13-1-4-14(5-2-13)9-15-6-7-15/h1-2,4-5,10-11,15H,6-7,9H2. The third-order valence-corrected chi connectivity index (χ3v) is 4.08. The Balaban J connectivity index is 1.79. The predicted molar refractivity (Wildman–Crippen MR) is 94.9 cm³/mol. The smallest absolute Gasteiger partial charge is 0.152 e. The number of halogens is 2. The predicted octanol–water partition coefficient (Wildman–Crippen LogP) is 5.57. The van der Waals surface area contributed by atoms with Crippen LogP contribution in [-0.2, 0) is 6.42 Å². The lowest BCUT2D eigenvalue weighted by molar-refractivity contribution is 0.630. The van der Waals surface area contributed by atoms with Crippen LogP contribution in [0.25, 0.3) is 0 Å². The van der Waals surface area contributed by atoms with Crippen LogP contribution in [0.4, 0.5) is 10.1 Å². The van der Waals surface area contributed by atoms with E-state index in [2.05, 4.69) is 46.3 Å². The summed E-state index contributed by atoms with van der Waals surface area (Å²) in [4.78, 5) is 3.61. The molecule has 0 unspecified atom stereocenters. The summed E-state index contributed by atoms with van der Waals surface area (Å²) in [7, 11) is 0. The summed E-state index contributed by atoms with van der Waals surface area (Å²) in [5, 5.41) is 2.29. The second-order valence-corrected chi connectivity index (χ2v) is 6.18. The minimum absolute atomic E-state index is 0.00311. The van der Waals surface area contributed by atoms with Crippen molar-refractivity contribution in [1.29, 1.82) is 0 Å². The van der Waals surface area contributed by atoms with Crippen molar-refractivity contribution in [3.8, 4) is 11.8 Å². The third kappa shape index (κ3) is 4.27. The van der Waals surface area contributed by atoms with E-state index >= 15 is 0 Å². The molecular weight excluding hydrogens is 329 g/mol. The van der Waals surface area contributed by atoms with Gasteiger partial charge in [-0.3, -0.25) is 0 Å². The van der Waals surface area contributed by atoms with Crippen LogP contribution >= 0.6 is 23.8 Å². The first-order chi connectivity index (χ1) is 11.2. The average Bonchev–Trinajstić information content (AvgIpc) is 3.34. The highest BCUT2D eigenvalue weighted by Crippen LogP contribution is 2.32. The van der Waals surface area contributed by atoms with Crippen molar-refractivity contribution in [3.63, 3.8) is 0 Å². The minimum Gasteiger partial charge on any atom is -0.204 e. The maximum atomic E-state index is 13.9. The van der Waals surface area contributed by atoms with Gasteiger partial charge in [0, 0.05) is 11.1 Å². The zero-order valence-corrected chi connectivity index (χ0v) is 13.8. The normalized spacial score (nSPS) is 13.0. The molecule has 0 bridgehead atoms. The molecule has 0 aromatic heterocycles. The summed E-state index contributed by atoms with van der Waals surface area (Å²) in [5.74, 6) is 6.25. The number of rotatable bonds is 3. The molecule has 114 valence electrons. The van der Waals surface area contributed by atoms with Gasteiger partial charge in [-0.05, 0) is 67.2 Å². The Morgan fingerprint density at radius 2 is 1.83 bits per heavy atom. The zero-order chi connectivity index (χ0) is 16.2. The van der Waals surface area contributed by atoms with E-state index in [4.69, 9.17) is 11.6 Å². The molecule has 0 atom stereocenters. The van der Waals surface area contributed by atoms with Crippen molar-refractivity contribution < 1.29 is 4.39 Å². The molecule has 1 aliphatic rings. The highest BCUT2D eigenvalue weighted by molar-refractivity contribution is 7.78.